The number of nitrogens with one attached hydrogen (secondary N) is 1. The van der Waals surface area contributed by atoms with Crippen molar-refractivity contribution in [2.45, 2.75) is 32.7 Å². The predicted molar refractivity (Wildman–Crippen MR) is 75.3 cm³/mol. The van der Waals surface area contributed by atoms with E-state index < -0.39 is 6.04 Å². The highest BCUT2D eigenvalue weighted by Gasteiger charge is 2.24. The van der Waals surface area contributed by atoms with E-state index in [0.717, 1.165) is 0 Å². The smallest absolute Gasteiger partial charge is 0.234 e. The second-order valence-electron chi connectivity index (χ2n) is 4.54. The molecule has 7 heteroatoms. The van der Waals surface area contributed by atoms with E-state index in [9.17, 15) is 14.9 Å². The van der Waals surface area contributed by atoms with Crippen LogP contribution in [-0.2, 0) is 4.79 Å². The average Bonchev–Trinajstić information content (AvgIpc) is 2.39. The maximum Gasteiger partial charge on any atom is 0.234 e. The number of benzene rings is 1. The summed E-state index contributed by atoms with van der Waals surface area (Å²) < 4.78 is 0. The summed E-state index contributed by atoms with van der Waals surface area (Å²) in [5.74, 6) is 4.73. The molecule has 0 aliphatic carbocycles. The lowest BCUT2D eigenvalue weighted by molar-refractivity contribution is -0.531. The Morgan fingerprint density at radius 2 is 1.95 bits per heavy atom. The highest BCUT2D eigenvalue weighted by molar-refractivity contribution is 5.75. The van der Waals surface area contributed by atoms with E-state index >= 15 is 0 Å². The highest BCUT2D eigenvalue weighted by Crippen LogP contribution is 2.11. The molecule has 0 spiro atoms. The quantitative estimate of drug-likeness (QED) is 0.327. The number of carbonyl (C=O) groups is 1. The summed E-state index contributed by atoms with van der Waals surface area (Å²) in [5, 5.41) is 19.1. The van der Waals surface area contributed by atoms with Crippen molar-refractivity contribution in [3.05, 3.63) is 40.4 Å². The van der Waals surface area contributed by atoms with Crippen LogP contribution in [0.25, 0.3) is 0 Å². The molecule has 1 unspecified atom stereocenters. The Labute approximate surface area is 117 Å². The molecule has 1 atom stereocenters. The fourth-order valence-corrected chi connectivity index (χ4v) is 1.46. The number of aromatic hydroxyl groups is 1. The average molecular weight is 283 g/mol. The van der Waals surface area contributed by atoms with Crippen molar-refractivity contribution in [2.75, 3.05) is 0 Å². The van der Waals surface area contributed by atoms with Crippen LogP contribution in [0.5, 0.6) is 5.75 Å². The second kappa shape index (κ2) is 9.74. The topological polar surface area (TPSA) is 118 Å². The van der Waals surface area contributed by atoms with Gasteiger partial charge in [-0.2, -0.15) is 0 Å². The van der Waals surface area contributed by atoms with Gasteiger partial charge in [0, 0.05) is 23.7 Å². The van der Waals surface area contributed by atoms with Gasteiger partial charge in [-0.15, -0.1) is 0 Å². The molecule has 20 heavy (non-hydrogen) atoms. The maximum absolute atomic E-state index is 10.7. The standard InChI is InChI=1S/C7H15N3O3.C6H6O/c1-5(2)6(10(12)13)3-4-7(11)9-8;7-6-4-2-1-3-5-6/h5-6H,3-4,8H2,1-2H3,(H,9,11);1-5,7H. The van der Waals surface area contributed by atoms with Crippen molar-refractivity contribution in [2.24, 2.45) is 11.8 Å². The first-order valence-electron chi connectivity index (χ1n) is 6.25. The van der Waals surface area contributed by atoms with Crippen LogP contribution >= 0.6 is 0 Å². The third-order valence-corrected chi connectivity index (χ3v) is 2.62. The lowest BCUT2D eigenvalue weighted by atomic mass is 10.00. The van der Waals surface area contributed by atoms with E-state index in [1.807, 2.05) is 11.5 Å². The van der Waals surface area contributed by atoms with Gasteiger partial charge in [0.2, 0.25) is 11.9 Å². The third-order valence-electron chi connectivity index (χ3n) is 2.62. The first-order valence-corrected chi connectivity index (χ1v) is 6.25. The van der Waals surface area contributed by atoms with Crippen molar-refractivity contribution >= 4 is 5.91 Å². The van der Waals surface area contributed by atoms with E-state index in [-0.39, 0.29) is 29.6 Å². The summed E-state index contributed by atoms with van der Waals surface area (Å²) >= 11 is 0. The summed E-state index contributed by atoms with van der Waals surface area (Å²) in [6.45, 7) is 3.52. The third kappa shape index (κ3) is 8.04. The van der Waals surface area contributed by atoms with Gasteiger partial charge in [0.15, 0.2) is 0 Å². The van der Waals surface area contributed by atoms with E-state index in [4.69, 9.17) is 10.9 Å². The number of para-hydroxylation sites is 1. The minimum absolute atomic E-state index is 0.0689. The summed E-state index contributed by atoms with van der Waals surface area (Å²) in [4.78, 5) is 20.8. The summed E-state index contributed by atoms with van der Waals surface area (Å²) in [5.41, 5.74) is 1.94. The van der Waals surface area contributed by atoms with Gasteiger partial charge in [-0.25, -0.2) is 5.84 Å². The van der Waals surface area contributed by atoms with Gasteiger partial charge >= 0.3 is 0 Å². The molecule has 0 heterocycles. The second-order valence-corrected chi connectivity index (χ2v) is 4.54. The number of amides is 1. The van der Waals surface area contributed by atoms with Gasteiger partial charge in [-0.3, -0.25) is 20.3 Å². The normalized spacial score (nSPS) is 11.2. The van der Waals surface area contributed by atoms with Crippen LogP contribution in [0.4, 0.5) is 0 Å². The van der Waals surface area contributed by atoms with Crippen molar-refractivity contribution < 1.29 is 14.8 Å². The number of phenols is 1. The van der Waals surface area contributed by atoms with Gasteiger partial charge in [-0.05, 0) is 12.1 Å². The van der Waals surface area contributed by atoms with Crippen LogP contribution in [-0.4, -0.2) is 22.0 Å². The molecule has 7 nitrogen and oxygen atoms in total. The van der Waals surface area contributed by atoms with Gasteiger partial charge in [0.1, 0.15) is 5.75 Å². The lowest BCUT2D eigenvalue weighted by Crippen LogP contribution is -2.33. The molecule has 0 saturated heterocycles. The van der Waals surface area contributed by atoms with Crippen molar-refractivity contribution in [1.82, 2.24) is 5.43 Å². The molecule has 4 N–H and O–H groups in total. The van der Waals surface area contributed by atoms with Crippen LogP contribution in [0, 0.1) is 16.0 Å². The molecule has 0 bridgehead atoms. The Morgan fingerprint density at radius 3 is 2.25 bits per heavy atom. The molecule has 0 fully saturated rings. The Morgan fingerprint density at radius 1 is 1.40 bits per heavy atom. The molecule has 0 aliphatic rings. The summed E-state index contributed by atoms with van der Waals surface area (Å²) in [6.07, 6.45) is 0.327. The monoisotopic (exact) mass is 283 g/mol. The van der Waals surface area contributed by atoms with Gasteiger partial charge < -0.3 is 5.11 Å². The Balaban J connectivity index is 0.000000428. The molecule has 0 aromatic heterocycles. The molecule has 1 amide bonds. The van der Waals surface area contributed by atoms with Crippen LogP contribution in [0.2, 0.25) is 0 Å². The first kappa shape index (κ1) is 17.8. The van der Waals surface area contributed by atoms with Crippen LogP contribution in [0.1, 0.15) is 26.7 Å². The predicted octanol–water partition coefficient (Wildman–Crippen LogP) is 1.45. The number of nitrogens with two attached hydrogens (primary N) is 1. The first-order chi connectivity index (χ1) is 9.38. The highest BCUT2D eigenvalue weighted by atomic mass is 16.6. The minimum atomic E-state index is -0.669. The van der Waals surface area contributed by atoms with E-state index in [1.54, 1.807) is 38.1 Å². The molecule has 1 rings (SSSR count). The zero-order valence-electron chi connectivity index (χ0n) is 11.7. The number of carbonyl (C=O) groups excluding carboxylic acids is 1. The van der Waals surface area contributed by atoms with Crippen LogP contribution in [0.3, 0.4) is 0 Å². The van der Waals surface area contributed by atoms with Gasteiger partial charge in [0.25, 0.3) is 0 Å². The molecular formula is C13H21N3O4. The minimum Gasteiger partial charge on any atom is -0.508 e. The number of hydrogen-bond donors (Lipinski definition) is 3. The van der Waals surface area contributed by atoms with Crippen LogP contribution < -0.4 is 11.3 Å². The zero-order chi connectivity index (χ0) is 15.5. The Kier molecular flexibility index (Phi) is 8.69. The van der Waals surface area contributed by atoms with Crippen molar-refractivity contribution in [1.29, 1.82) is 0 Å². The molecule has 0 saturated carbocycles. The van der Waals surface area contributed by atoms with E-state index in [2.05, 4.69) is 0 Å². The lowest BCUT2D eigenvalue weighted by Gasteiger charge is -2.11. The number of phenolic OH excluding ortho intramolecular Hbond substituents is 1. The zero-order valence-corrected chi connectivity index (χ0v) is 11.7. The van der Waals surface area contributed by atoms with E-state index in [1.165, 1.54) is 0 Å². The SMILES string of the molecule is CC(C)C(CCC(=O)NN)[N+](=O)[O-].Oc1ccccc1. The molecule has 1 aromatic carbocycles. The van der Waals surface area contributed by atoms with Gasteiger partial charge in [-0.1, -0.05) is 32.0 Å². The molecular weight excluding hydrogens is 262 g/mol. The van der Waals surface area contributed by atoms with E-state index in [0.29, 0.717) is 5.75 Å². The summed E-state index contributed by atoms with van der Waals surface area (Å²) in [6, 6.07) is 8.04. The Bertz CT molecular complexity index is 409. The fourth-order valence-electron chi connectivity index (χ4n) is 1.46. The molecule has 1 aromatic rings. The maximum atomic E-state index is 10.7. The van der Waals surface area contributed by atoms with Crippen molar-refractivity contribution in [3.8, 4) is 5.75 Å². The number of hydrogen-bond acceptors (Lipinski definition) is 5. The molecule has 0 radical (unpaired) electrons. The number of nitro groups is 1. The number of nitrogens with zero attached hydrogens (tertiary/aromatic N) is 1. The fraction of sp³-hybridized carbons (Fsp3) is 0.462. The van der Waals surface area contributed by atoms with Crippen molar-refractivity contribution in [3.63, 3.8) is 0 Å². The van der Waals surface area contributed by atoms with Gasteiger partial charge in [0.05, 0.1) is 0 Å². The largest absolute Gasteiger partial charge is 0.508 e. The summed E-state index contributed by atoms with van der Waals surface area (Å²) in [7, 11) is 0. The molecule has 0 aliphatic heterocycles. The molecule has 112 valence electrons. The Hall–Kier alpha value is -2.15. The number of rotatable bonds is 5. The van der Waals surface area contributed by atoms with Crippen LogP contribution in [0.15, 0.2) is 30.3 Å². The number of hydrazine groups is 1.